The van der Waals surface area contributed by atoms with Crippen LogP contribution in [0, 0.1) is 15.5 Å². The number of rotatable bonds is 2. The Bertz CT molecular complexity index is 550. The van der Waals surface area contributed by atoms with Crippen molar-refractivity contribution < 1.29 is 9.72 Å². The van der Waals surface area contributed by atoms with Gasteiger partial charge in [-0.25, -0.2) is 4.98 Å². The van der Waals surface area contributed by atoms with E-state index in [1.54, 1.807) is 4.90 Å². The van der Waals surface area contributed by atoms with Gasteiger partial charge in [-0.1, -0.05) is 25.4 Å². The summed E-state index contributed by atoms with van der Waals surface area (Å²) in [6, 6.07) is 1.27. The predicted molar refractivity (Wildman–Crippen MR) is 74.8 cm³/mol. The van der Waals surface area contributed by atoms with Crippen LogP contribution in [0.1, 0.15) is 37.0 Å². The van der Waals surface area contributed by atoms with Crippen molar-refractivity contribution in [2.75, 3.05) is 13.1 Å². The summed E-state index contributed by atoms with van der Waals surface area (Å²) in [7, 11) is 0. The Morgan fingerprint density at radius 2 is 2.05 bits per heavy atom. The van der Waals surface area contributed by atoms with Crippen molar-refractivity contribution in [3.05, 3.63) is 33.1 Å². The average molecular weight is 298 g/mol. The van der Waals surface area contributed by atoms with Gasteiger partial charge in [0.25, 0.3) is 11.6 Å². The lowest BCUT2D eigenvalue weighted by Gasteiger charge is -2.36. The highest BCUT2D eigenvalue weighted by atomic mass is 35.5. The molecule has 1 aliphatic rings. The smallest absolute Gasteiger partial charge is 0.300 e. The van der Waals surface area contributed by atoms with Gasteiger partial charge < -0.3 is 4.90 Å². The van der Waals surface area contributed by atoms with Crippen LogP contribution >= 0.6 is 11.6 Å². The summed E-state index contributed by atoms with van der Waals surface area (Å²) in [6.45, 7) is 5.51. The number of carbonyl (C=O) groups is 1. The summed E-state index contributed by atoms with van der Waals surface area (Å²) in [5, 5.41) is 11.1. The molecule has 0 spiro atoms. The van der Waals surface area contributed by atoms with E-state index < -0.39 is 4.92 Å². The number of nitro groups is 1. The zero-order valence-corrected chi connectivity index (χ0v) is 12.2. The van der Waals surface area contributed by atoms with Gasteiger partial charge in [0.05, 0.1) is 4.92 Å². The standard InChI is InChI=1S/C13H16ClN3O3/c1-13(2)3-5-16(6-4-13)12(18)9-7-11(14)15-8-10(9)17(19)20/h7-8H,3-6H2,1-2H3. The van der Waals surface area contributed by atoms with Crippen LogP contribution in [-0.4, -0.2) is 33.8 Å². The molecule has 1 amide bonds. The fourth-order valence-corrected chi connectivity index (χ4v) is 2.38. The zero-order chi connectivity index (χ0) is 14.9. The summed E-state index contributed by atoms with van der Waals surface area (Å²) in [5.41, 5.74) is -0.0857. The number of likely N-dealkylation sites (tertiary alicyclic amines) is 1. The molecular weight excluding hydrogens is 282 g/mol. The lowest BCUT2D eigenvalue weighted by molar-refractivity contribution is -0.385. The minimum absolute atomic E-state index is 0.00899. The highest BCUT2D eigenvalue weighted by molar-refractivity contribution is 6.29. The second-order valence-electron chi connectivity index (χ2n) is 5.74. The van der Waals surface area contributed by atoms with Crippen molar-refractivity contribution in [1.29, 1.82) is 0 Å². The van der Waals surface area contributed by atoms with Gasteiger partial charge in [0.15, 0.2) is 0 Å². The summed E-state index contributed by atoms with van der Waals surface area (Å²) in [4.78, 5) is 28.1. The Balaban J connectivity index is 2.25. The number of hydrogen-bond acceptors (Lipinski definition) is 4. The molecule has 108 valence electrons. The lowest BCUT2D eigenvalue weighted by atomic mass is 9.82. The normalized spacial score (nSPS) is 17.9. The van der Waals surface area contributed by atoms with Crippen LogP contribution in [0.25, 0.3) is 0 Å². The molecule has 7 heteroatoms. The zero-order valence-electron chi connectivity index (χ0n) is 11.4. The third-order valence-corrected chi connectivity index (χ3v) is 3.89. The fraction of sp³-hybridized carbons (Fsp3) is 0.538. The maximum Gasteiger partial charge on any atom is 0.300 e. The highest BCUT2D eigenvalue weighted by Crippen LogP contribution is 2.31. The van der Waals surface area contributed by atoms with Crippen molar-refractivity contribution in [2.24, 2.45) is 5.41 Å². The molecule has 2 heterocycles. The van der Waals surface area contributed by atoms with E-state index in [4.69, 9.17) is 11.6 Å². The Morgan fingerprint density at radius 1 is 1.45 bits per heavy atom. The summed E-state index contributed by atoms with van der Waals surface area (Å²) >= 11 is 5.75. The maximum atomic E-state index is 12.4. The van der Waals surface area contributed by atoms with E-state index >= 15 is 0 Å². The highest BCUT2D eigenvalue weighted by Gasteiger charge is 2.31. The van der Waals surface area contributed by atoms with E-state index in [1.807, 2.05) is 0 Å². The van der Waals surface area contributed by atoms with Gasteiger partial charge in [-0.3, -0.25) is 14.9 Å². The number of nitrogens with zero attached hydrogens (tertiary/aromatic N) is 3. The molecule has 0 aromatic carbocycles. The molecule has 0 atom stereocenters. The SMILES string of the molecule is CC1(C)CCN(C(=O)c2cc(Cl)ncc2[N+](=O)[O-])CC1. The summed E-state index contributed by atoms with van der Waals surface area (Å²) in [5.74, 6) is -0.350. The third kappa shape index (κ3) is 3.07. The van der Waals surface area contributed by atoms with Gasteiger partial charge >= 0.3 is 0 Å². The molecule has 20 heavy (non-hydrogen) atoms. The van der Waals surface area contributed by atoms with E-state index in [0.29, 0.717) is 13.1 Å². The van der Waals surface area contributed by atoms with Gasteiger partial charge in [0, 0.05) is 13.1 Å². The van der Waals surface area contributed by atoms with E-state index in [1.165, 1.54) is 6.07 Å². The van der Waals surface area contributed by atoms with Crippen LogP contribution < -0.4 is 0 Å². The predicted octanol–water partition coefficient (Wildman–Crippen LogP) is 2.91. The minimum atomic E-state index is -0.607. The molecule has 1 aromatic rings. The van der Waals surface area contributed by atoms with Crippen molar-refractivity contribution in [3.63, 3.8) is 0 Å². The number of piperidine rings is 1. The molecule has 0 saturated carbocycles. The molecule has 0 N–H and O–H groups in total. The van der Waals surface area contributed by atoms with Crippen LogP contribution in [0.3, 0.4) is 0 Å². The number of aromatic nitrogens is 1. The van der Waals surface area contributed by atoms with E-state index in [0.717, 1.165) is 19.0 Å². The topological polar surface area (TPSA) is 76.3 Å². The molecule has 1 aliphatic heterocycles. The van der Waals surface area contributed by atoms with E-state index in [9.17, 15) is 14.9 Å². The van der Waals surface area contributed by atoms with Crippen LogP contribution in [0.2, 0.25) is 5.15 Å². The van der Waals surface area contributed by atoms with Crippen LogP contribution in [0.15, 0.2) is 12.3 Å². The molecule has 2 rings (SSSR count). The number of pyridine rings is 1. The van der Waals surface area contributed by atoms with Gasteiger partial charge in [-0.15, -0.1) is 0 Å². The summed E-state index contributed by atoms with van der Waals surface area (Å²) < 4.78 is 0. The first kappa shape index (κ1) is 14.7. The first-order valence-electron chi connectivity index (χ1n) is 6.39. The number of hydrogen-bond donors (Lipinski definition) is 0. The average Bonchev–Trinajstić information content (AvgIpc) is 2.37. The minimum Gasteiger partial charge on any atom is -0.338 e. The lowest BCUT2D eigenvalue weighted by Crippen LogP contribution is -2.41. The van der Waals surface area contributed by atoms with Crippen molar-refractivity contribution in [1.82, 2.24) is 9.88 Å². The molecule has 0 aliphatic carbocycles. The molecule has 0 unspecified atom stereocenters. The van der Waals surface area contributed by atoms with Crippen molar-refractivity contribution in [2.45, 2.75) is 26.7 Å². The van der Waals surface area contributed by atoms with Crippen LogP contribution in [-0.2, 0) is 0 Å². The number of amides is 1. The first-order chi connectivity index (χ1) is 9.30. The second-order valence-corrected chi connectivity index (χ2v) is 6.12. The molecule has 0 bridgehead atoms. The Morgan fingerprint density at radius 3 is 2.60 bits per heavy atom. The molecule has 6 nitrogen and oxygen atoms in total. The Kier molecular flexibility index (Phi) is 3.94. The van der Waals surface area contributed by atoms with Gasteiger partial charge in [-0.05, 0) is 24.3 Å². The van der Waals surface area contributed by atoms with Gasteiger partial charge in [0.1, 0.15) is 16.9 Å². The largest absolute Gasteiger partial charge is 0.338 e. The third-order valence-electron chi connectivity index (χ3n) is 3.68. The number of carbonyl (C=O) groups excluding carboxylic acids is 1. The fourth-order valence-electron chi connectivity index (χ4n) is 2.22. The molecule has 1 aromatic heterocycles. The van der Waals surface area contributed by atoms with Gasteiger partial charge in [-0.2, -0.15) is 0 Å². The molecule has 1 saturated heterocycles. The van der Waals surface area contributed by atoms with Crippen LogP contribution in [0.4, 0.5) is 5.69 Å². The van der Waals surface area contributed by atoms with Crippen LogP contribution in [0.5, 0.6) is 0 Å². The second kappa shape index (κ2) is 5.36. The van der Waals surface area contributed by atoms with Crippen molar-refractivity contribution in [3.8, 4) is 0 Å². The monoisotopic (exact) mass is 297 g/mol. The molecule has 0 radical (unpaired) electrons. The van der Waals surface area contributed by atoms with Gasteiger partial charge in [0.2, 0.25) is 0 Å². The first-order valence-corrected chi connectivity index (χ1v) is 6.77. The maximum absolute atomic E-state index is 12.4. The molecular formula is C13H16ClN3O3. The van der Waals surface area contributed by atoms with E-state index in [-0.39, 0.29) is 27.7 Å². The Hall–Kier alpha value is -1.69. The van der Waals surface area contributed by atoms with Crippen molar-refractivity contribution >= 4 is 23.2 Å². The number of halogens is 1. The summed E-state index contributed by atoms with van der Waals surface area (Å²) in [6.07, 6.45) is 2.79. The molecule has 1 fully saturated rings. The quantitative estimate of drug-likeness (QED) is 0.478. The van der Waals surface area contributed by atoms with E-state index in [2.05, 4.69) is 18.8 Å². The Labute approximate surface area is 121 Å².